The van der Waals surface area contributed by atoms with E-state index >= 15 is 0 Å². The van der Waals surface area contributed by atoms with E-state index in [4.69, 9.17) is 21.1 Å². The van der Waals surface area contributed by atoms with Crippen LogP contribution in [0.25, 0.3) is 10.9 Å². The minimum absolute atomic E-state index is 0.125. The molecule has 27 heavy (non-hydrogen) atoms. The molecular formula is C18H18ClN3O5. The van der Waals surface area contributed by atoms with Gasteiger partial charge in [0.25, 0.3) is 5.91 Å². The maximum absolute atomic E-state index is 12.1. The van der Waals surface area contributed by atoms with Gasteiger partial charge in [0, 0.05) is 17.0 Å². The van der Waals surface area contributed by atoms with Gasteiger partial charge in [-0.2, -0.15) is 0 Å². The summed E-state index contributed by atoms with van der Waals surface area (Å²) in [5.41, 5.74) is 0.125. The lowest BCUT2D eigenvalue weighted by atomic mass is 10.1. The number of esters is 1. The van der Waals surface area contributed by atoms with Crippen LogP contribution < -0.4 is 10.1 Å². The van der Waals surface area contributed by atoms with Gasteiger partial charge in [-0.15, -0.1) is 0 Å². The van der Waals surface area contributed by atoms with Gasteiger partial charge in [-0.3, -0.25) is 14.5 Å². The molecule has 3 amide bonds. The van der Waals surface area contributed by atoms with Crippen molar-refractivity contribution in [1.29, 1.82) is 0 Å². The molecule has 1 aliphatic heterocycles. The van der Waals surface area contributed by atoms with Crippen LogP contribution in [-0.4, -0.2) is 47.0 Å². The van der Waals surface area contributed by atoms with Crippen LogP contribution in [0.1, 0.15) is 19.4 Å². The van der Waals surface area contributed by atoms with Gasteiger partial charge in [0.05, 0.1) is 12.6 Å². The molecule has 0 aliphatic carbocycles. The summed E-state index contributed by atoms with van der Waals surface area (Å²) < 4.78 is 10.3. The number of aromatic nitrogens is 1. The van der Waals surface area contributed by atoms with Gasteiger partial charge < -0.3 is 14.8 Å². The van der Waals surface area contributed by atoms with Crippen molar-refractivity contribution in [3.8, 4) is 5.75 Å². The van der Waals surface area contributed by atoms with Gasteiger partial charge in [0.15, 0.2) is 0 Å². The van der Waals surface area contributed by atoms with Crippen LogP contribution in [0.4, 0.5) is 4.79 Å². The van der Waals surface area contributed by atoms with E-state index in [-0.39, 0.29) is 11.8 Å². The van der Waals surface area contributed by atoms with E-state index in [2.05, 4.69) is 10.3 Å². The summed E-state index contributed by atoms with van der Waals surface area (Å²) in [7, 11) is 1.56. The van der Waals surface area contributed by atoms with Gasteiger partial charge in [-0.1, -0.05) is 11.6 Å². The smallest absolute Gasteiger partial charge is 0.326 e. The number of rotatable bonds is 5. The number of benzene rings is 1. The number of hydrogen-bond donors (Lipinski definition) is 1. The number of pyridine rings is 1. The standard InChI is InChI=1S/C18H18ClN3O5/c1-18(2)16(24)22(17(25)21-18)8-14(23)27-9-11-6-10-4-5-12(26-3)7-13(10)20-15(11)19/h4-7H,8-9H2,1-3H3,(H,21,25). The SMILES string of the molecule is COc1ccc2cc(COC(=O)CN3C(=O)NC(C)(C)C3=O)c(Cl)nc2c1. The average Bonchev–Trinajstić information content (AvgIpc) is 2.81. The molecule has 0 spiro atoms. The van der Waals surface area contributed by atoms with Crippen LogP contribution in [0, 0.1) is 0 Å². The maximum atomic E-state index is 12.1. The Kier molecular flexibility index (Phi) is 4.93. The van der Waals surface area contributed by atoms with E-state index in [1.165, 1.54) is 0 Å². The molecule has 1 N–H and O–H groups in total. The summed E-state index contributed by atoms with van der Waals surface area (Å²) >= 11 is 6.16. The molecule has 142 valence electrons. The van der Waals surface area contributed by atoms with Crippen LogP contribution in [-0.2, 0) is 20.9 Å². The van der Waals surface area contributed by atoms with Gasteiger partial charge >= 0.3 is 12.0 Å². The number of nitrogens with one attached hydrogen (secondary N) is 1. The quantitative estimate of drug-likeness (QED) is 0.477. The molecule has 3 rings (SSSR count). The number of fused-ring (bicyclic) bond motifs is 1. The number of ether oxygens (including phenoxy) is 2. The van der Waals surface area contributed by atoms with Crippen molar-refractivity contribution in [3.63, 3.8) is 0 Å². The number of hydrogen-bond acceptors (Lipinski definition) is 6. The van der Waals surface area contributed by atoms with Gasteiger partial charge in [0.2, 0.25) is 0 Å². The number of methoxy groups -OCH3 is 1. The van der Waals surface area contributed by atoms with E-state index in [0.29, 0.717) is 16.8 Å². The number of urea groups is 1. The van der Waals surface area contributed by atoms with Gasteiger partial charge in [-0.05, 0) is 32.0 Å². The molecule has 0 bridgehead atoms. The minimum atomic E-state index is -1.04. The molecule has 1 fully saturated rings. The summed E-state index contributed by atoms with van der Waals surface area (Å²) in [6.45, 7) is 2.53. The lowest BCUT2D eigenvalue weighted by Gasteiger charge is -2.15. The highest BCUT2D eigenvalue weighted by molar-refractivity contribution is 6.30. The third kappa shape index (κ3) is 3.80. The van der Waals surface area contributed by atoms with Crippen LogP contribution in [0.2, 0.25) is 5.15 Å². The first kappa shape index (κ1) is 18.9. The molecule has 2 heterocycles. The largest absolute Gasteiger partial charge is 0.497 e. The molecule has 1 aromatic carbocycles. The fourth-order valence-electron chi connectivity index (χ4n) is 2.69. The Labute approximate surface area is 160 Å². The third-order valence-corrected chi connectivity index (χ3v) is 4.50. The predicted octanol–water partition coefficient (Wildman–Crippen LogP) is 2.27. The fourth-order valence-corrected chi connectivity index (χ4v) is 2.89. The summed E-state index contributed by atoms with van der Waals surface area (Å²) in [5, 5.41) is 3.50. The van der Waals surface area contributed by atoms with Gasteiger partial charge in [0.1, 0.15) is 29.6 Å². The lowest BCUT2D eigenvalue weighted by molar-refractivity contribution is -0.148. The Morgan fingerprint density at radius 2 is 2.04 bits per heavy atom. The predicted molar refractivity (Wildman–Crippen MR) is 97.4 cm³/mol. The van der Waals surface area contributed by atoms with Crippen molar-refractivity contribution < 1.29 is 23.9 Å². The topological polar surface area (TPSA) is 97.8 Å². The first-order chi connectivity index (χ1) is 12.7. The van der Waals surface area contributed by atoms with Crippen molar-refractivity contribution in [2.24, 2.45) is 0 Å². The molecule has 8 nitrogen and oxygen atoms in total. The first-order valence-corrected chi connectivity index (χ1v) is 8.52. The van der Waals surface area contributed by atoms with Gasteiger partial charge in [-0.25, -0.2) is 9.78 Å². The summed E-state index contributed by atoms with van der Waals surface area (Å²) in [4.78, 5) is 41.1. The zero-order valence-corrected chi connectivity index (χ0v) is 15.8. The molecular weight excluding hydrogens is 374 g/mol. The zero-order chi connectivity index (χ0) is 19.8. The molecule has 1 saturated heterocycles. The van der Waals surface area contributed by atoms with E-state index in [1.807, 2.05) is 6.07 Å². The number of nitrogens with zero attached hydrogens (tertiary/aromatic N) is 2. The number of carbonyl (C=O) groups is 3. The van der Waals surface area contributed by atoms with E-state index in [0.717, 1.165) is 10.3 Å². The highest BCUT2D eigenvalue weighted by Crippen LogP contribution is 2.25. The second-order valence-electron chi connectivity index (χ2n) is 6.60. The van der Waals surface area contributed by atoms with E-state index < -0.39 is 30.0 Å². The van der Waals surface area contributed by atoms with Crippen molar-refractivity contribution >= 4 is 40.4 Å². The van der Waals surface area contributed by atoms with Crippen LogP contribution >= 0.6 is 11.6 Å². The molecule has 0 atom stereocenters. The normalized spacial score (nSPS) is 15.8. The van der Waals surface area contributed by atoms with Crippen LogP contribution in [0.3, 0.4) is 0 Å². The molecule has 0 unspecified atom stereocenters. The Morgan fingerprint density at radius 3 is 2.67 bits per heavy atom. The van der Waals surface area contributed by atoms with E-state index in [9.17, 15) is 14.4 Å². The Balaban J connectivity index is 1.68. The minimum Gasteiger partial charge on any atom is -0.497 e. The highest BCUT2D eigenvalue weighted by Gasteiger charge is 2.45. The van der Waals surface area contributed by atoms with Crippen LogP contribution in [0.5, 0.6) is 5.75 Å². The lowest BCUT2D eigenvalue weighted by Crippen LogP contribution is -2.41. The molecule has 1 aromatic heterocycles. The van der Waals surface area contributed by atoms with Crippen molar-refractivity contribution in [1.82, 2.24) is 15.2 Å². The second-order valence-corrected chi connectivity index (χ2v) is 6.96. The van der Waals surface area contributed by atoms with Crippen molar-refractivity contribution in [2.75, 3.05) is 13.7 Å². The Hall–Kier alpha value is -2.87. The van der Waals surface area contributed by atoms with Crippen molar-refractivity contribution in [2.45, 2.75) is 26.0 Å². The zero-order valence-electron chi connectivity index (χ0n) is 15.0. The second kappa shape index (κ2) is 7.03. The summed E-state index contributed by atoms with van der Waals surface area (Å²) in [6, 6.07) is 6.48. The third-order valence-electron chi connectivity index (χ3n) is 4.17. The molecule has 9 heteroatoms. The summed E-state index contributed by atoms with van der Waals surface area (Å²) in [5.74, 6) is -0.548. The highest BCUT2D eigenvalue weighted by atomic mass is 35.5. The summed E-state index contributed by atoms with van der Waals surface area (Å²) in [6.07, 6.45) is 0. The maximum Gasteiger partial charge on any atom is 0.326 e. The first-order valence-electron chi connectivity index (χ1n) is 8.14. The van der Waals surface area contributed by atoms with Crippen molar-refractivity contribution in [3.05, 3.63) is 35.0 Å². The molecule has 0 radical (unpaired) electrons. The average molecular weight is 392 g/mol. The molecule has 1 aliphatic rings. The number of halogens is 1. The Morgan fingerprint density at radius 1 is 1.30 bits per heavy atom. The number of amides is 3. The molecule has 2 aromatic rings. The molecule has 0 saturated carbocycles. The Bertz CT molecular complexity index is 944. The fraction of sp³-hybridized carbons (Fsp3) is 0.333. The number of carbonyl (C=O) groups excluding carboxylic acids is 3. The number of imide groups is 1. The van der Waals surface area contributed by atoms with Crippen LogP contribution in [0.15, 0.2) is 24.3 Å². The monoisotopic (exact) mass is 391 g/mol. The van der Waals surface area contributed by atoms with E-state index in [1.54, 1.807) is 39.2 Å².